The van der Waals surface area contributed by atoms with Crippen molar-refractivity contribution in [2.75, 3.05) is 13.2 Å². The third-order valence-electron chi connectivity index (χ3n) is 10.8. The zero-order valence-electron chi connectivity index (χ0n) is 42.0. The highest BCUT2D eigenvalue weighted by atomic mass is 16.6. The second-order valence-electron chi connectivity index (χ2n) is 17.0. The molecule has 6 heteroatoms. The van der Waals surface area contributed by atoms with Gasteiger partial charge in [-0.05, 0) is 116 Å². The number of carbonyl (C=O) groups is 3. The van der Waals surface area contributed by atoms with Crippen molar-refractivity contribution in [3.05, 3.63) is 109 Å². The van der Waals surface area contributed by atoms with Crippen LogP contribution in [0.25, 0.3) is 0 Å². The lowest BCUT2D eigenvalue weighted by Crippen LogP contribution is -2.30. The van der Waals surface area contributed by atoms with Crippen molar-refractivity contribution in [3.63, 3.8) is 0 Å². The minimum absolute atomic E-state index is 0.100. The Morgan fingerprint density at radius 2 is 0.554 bits per heavy atom. The summed E-state index contributed by atoms with van der Waals surface area (Å²) in [4.78, 5) is 38.0. The highest BCUT2D eigenvalue weighted by molar-refractivity contribution is 5.71. The topological polar surface area (TPSA) is 78.9 Å². The predicted octanol–water partition coefficient (Wildman–Crippen LogP) is 17.5. The maximum Gasteiger partial charge on any atom is 0.306 e. The summed E-state index contributed by atoms with van der Waals surface area (Å²) in [5.41, 5.74) is 0. The third-order valence-corrected chi connectivity index (χ3v) is 10.8. The van der Waals surface area contributed by atoms with E-state index in [9.17, 15) is 14.4 Å². The van der Waals surface area contributed by atoms with Crippen LogP contribution in [0.1, 0.15) is 226 Å². The van der Waals surface area contributed by atoms with Gasteiger partial charge in [-0.25, -0.2) is 0 Å². The Balaban J connectivity index is 4.43. The van der Waals surface area contributed by atoms with Gasteiger partial charge in [-0.3, -0.25) is 14.4 Å². The van der Waals surface area contributed by atoms with Crippen LogP contribution in [0, 0.1) is 0 Å². The number of esters is 3. The molecule has 1 unspecified atom stereocenters. The standard InChI is InChI=1S/C59H96O6/c1-4-7-10-13-16-19-22-25-27-29-30-31-33-34-37-40-43-46-49-52-58(61)64-55-56(54-63-57(60)51-48-45-42-39-36-24-21-18-15-12-9-6-3)65-59(62)53-50-47-44-41-38-35-32-28-26-23-20-17-14-11-8-5-2/h7-12,16-21,25-28,36,39,56H,4-6,13-15,22-24,29-35,37-38,40-55H2,1-3H3/b10-7-,11-8-,12-9-,19-16-,20-17-,21-18-,27-25-,28-26-,39-36-. The molecule has 0 spiro atoms. The lowest BCUT2D eigenvalue weighted by Gasteiger charge is -2.18. The first-order valence-electron chi connectivity index (χ1n) is 26.4. The third kappa shape index (κ3) is 50.9. The summed E-state index contributed by atoms with van der Waals surface area (Å²) in [6, 6.07) is 0. The first-order valence-corrected chi connectivity index (χ1v) is 26.4. The predicted molar refractivity (Wildman–Crippen MR) is 279 cm³/mol. The Morgan fingerprint density at radius 1 is 0.308 bits per heavy atom. The molecule has 0 aromatic rings. The van der Waals surface area contributed by atoms with E-state index in [-0.39, 0.29) is 31.1 Å². The molecule has 0 aliphatic carbocycles. The van der Waals surface area contributed by atoms with Gasteiger partial charge in [0, 0.05) is 19.3 Å². The molecule has 0 aliphatic rings. The second kappa shape index (κ2) is 52.7. The molecule has 6 nitrogen and oxygen atoms in total. The summed E-state index contributed by atoms with van der Waals surface area (Å²) in [5.74, 6) is -0.964. The van der Waals surface area contributed by atoms with Gasteiger partial charge in [-0.15, -0.1) is 0 Å². The molecule has 0 saturated heterocycles. The number of rotatable bonds is 46. The largest absolute Gasteiger partial charge is 0.462 e. The Bertz CT molecular complexity index is 1360. The highest BCUT2D eigenvalue weighted by Crippen LogP contribution is 2.14. The molecule has 368 valence electrons. The molecule has 0 heterocycles. The van der Waals surface area contributed by atoms with Gasteiger partial charge in [0.2, 0.25) is 0 Å². The van der Waals surface area contributed by atoms with E-state index in [0.717, 1.165) is 128 Å². The van der Waals surface area contributed by atoms with Gasteiger partial charge in [-0.2, -0.15) is 0 Å². The van der Waals surface area contributed by atoms with Gasteiger partial charge in [0.15, 0.2) is 6.10 Å². The van der Waals surface area contributed by atoms with Crippen molar-refractivity contribution in [2.24, 2.45) is 0 Å². The number of hydrogen-bond acceptors (Lipinski definition) is 6. The average Bonchev–Trinajstić information content (AvgIpc) is 3.30. The fourth-order valence-electron chi connectivity index (χ4n) is 6.90. The molecule has 0 rings (SSSR count). The molecular formula is C59H96O6. The SMILES string of the molecule is CC/C=C\C/C=C\C/C=C\CCCCCCCCCCCC(=O)OCC(COC(=O)CCCC/C=C\C/C=C\C/C=C\CC)OC(=O)CCCCCCCC/C=C\C/C=C\C/C=C\CC. The number of allylic oxidation sites excluding steroid dienone is 18. The molecule has 0 fully saturated rings. The molecular weight excluding hydrogens is 805 g/mol. The zero-order valence-corrected chi connectivity index (χ0v) is 42.0. The van der Waals surface area contributed by atoms with Crippen LogP contribution >= 0.6 is 0 Å². The van der Waals surface area contributed by atoms with Crippen LogP contribution < -0.4 is 0 Å². The van der Waals surface area contributed by atoms with E-state index in [2.05, 4.69) is 130 Å². The summed E-state index contributed by atoms with van der Waals surface area (Å²) >= 11 is 0. The van der Waals surface area contributed by atoms with E-state index in [1.807, 2.05) is 0 Å². The van der Waals surface area contributed by atoms with Crippen LogP contribution in [0.4, 0.5) is 0 Å². The van der Waals surface area contributed by atoms with E-state index in [1.54, 1.807) is 0 Å². The normalized spacial score (nSPS) is 13.0. The van der Waals surface area contributed by atoms with Crippen molar-refractivity contribution in [3.8, 4) is 0 Å². The lowest BCUT2D eigenvalue weighted by molar-refractivity contribution is -0.167. The number of carbonyl (C=O) groups excluding carboxylic acids is 3. The fourth-order valence-corrected chi connectivity index (χ4v) is 6.90. The van der Waals surface area contributed by atoms with E-state index < -0.39 is 6.10 Å². The maximum absolute atomic E-state index is 12.8. The van der Waals surface area contributed by atoms with Crippen molar-refractivity contribution in [2.45, 2.75) is 232 Å². The lowest BCUT2D eigenvalue weighted by atomic mass is 10.1. The van der Waals surface area contributed by atoms with Gasteiger partial charge in [-0.1, -0.05) is 201 Å². The van der Waals surface area contributed by atoms with E-state index in [4.69, 9.17) is 14.2 Å². The van der Waals surface area contributed by atoms with Crippen LogP contribution in [0.15, 0.2) is 109 Å². The van der Waals surface area contributed by atoms with E-state index >= 15 is 0 Å². The Labute approximate surface area is 400 Å². The molecule has 0 aromatic heterocycles. The van der Waals surface area contributed by atoms with Gasteiger partial charge in [0.05, 0.1) is 0 Å². The first kappa shape index (κ1) is 61.1. The molecule has 0 radical (unpaired) electrons. The Hall–Kier alpha value is -3.93. The minimum atomic E-state index is -0.804. The molecule has 1 atom stereocenters. The average molecular weight is 901 g/mol. The molecule has 0 aliphatic heterocycles. The van der Waals surface area contributed by atoms with Crippen molar-refractivity contribution in [1.29, 1.82) is 0 Å². The second-order valence-corrected chi connectivity index (χ2v) is 17.0. The monoisotopic (exact) mass is 901 g/mol. The van der Waals surface area contributed by atoms with Gasteiger partial charge < -0.3 is 14.2 Å². The minimum Gasteiger partial charge on any atom is -0.462 e. The smallest absolute Gasteiger partial charge is 0.306 e. The first-order chi connectivity index (χ1) is 32.0. The molecule has 0 saturated carbocycles. The van der Waals surface area contributed by atoms with Crippen LogP contribution in [0.2, 0.25) is 0 Å². The molecule has 0 N–H and O–H groups in total. The van der Waals surface area contributed by atoms with Crippen molar-refractivity contribution >= 4 is 17.9 Å². The van der Waals surface area contributed by atoms with Crippen LogP contribution in [-0.4, -0.2) is 37.2 Å². The summed E-state index contributed by atoms with van der Waals surface area (Å²) in [6.45, 7) is 6.24. The van der Waals surface area contributed by atoms with E-state index in [0.29, 0.717) is 19.3 Å². The summed E-state index contributed by atoms with van der Waals surface area (Å²) in [6.07, 6.45) is 70.8. The quantitative estimate of drug-likeness (QED) is 0.0262. The summed E-state index contributed by atoms with van der Waals surface area (Å²) in [5, 5.41) is 0. The molecule has 65 heavy (non-hydrogen) atoms. The van der Waals surface area contributed by atoms with Gasteiger partial charge >= 0.3 is 17.9 Å². The summed E-state index contributed by atoms with van der Waals surface area (Å²) in [7, 11) is 0. The van der Waals surface area contributed by atoms with Crippen LogP contribution in [0.3, 0.4) is 0 Å². The number of hydrogen-bond donors (Lipinski definition) is 0. The van der Waals surface area contributed by atoms with Crippen LogP contribution in [0.5, 0.6) is 0 Å². The molecule has 0 bridgehead atoms. The van der Waals surface area contributed by atoms with Crippen molar-refractivity contribution < 1.29 is 28.6 Å². The highest BCUT2D eigenvalue weighted by Gasteiger charge is 2.19. The molecule has 0 aromatic carbocycles. The zero-order chi connectivity index (χ0) is 47.2. The van der Waals surface area contributed by atoms with Crippen LogP contribution in [-0.2, 0) is 28.6 Å². The van der Waals surface area contributed by atoms with Gasteiger partial charge in [0.1, 0.15) is 13.2 Å². The summed E-state index contributed by atoms with van der Waals surface area (Å²) < 4.78 is 16.8. The van der Waals surface area contributed by atoms with Gasteiger partial charge in [0.25, 0.3) is 0 Å². The molecule has 0 amide bonds. The number of ether oxygens (including phenoxy) is 3. The van der Waals surface area contributed by atoms with E-state index in [1.165, 1.54) is 57.8 Å². The Kier molecular flexibility index (Phi) is 49.5. The number of unbranched alkanes of at least 4 members (excludes halogenated alkanes) is 17. The Morgan fingerprint density at radius 3 is 0.892 bits per heavy atom. The maximum atomic E-state index is 12.8. The van der Waals surface area contributed by atoms with Crippen molar-refractivity contribution in [1.82, 2.24) is 0 Å². The fraction of sp³-hybridized carbons (Fsp3) is 0.644.